The lowest BCUT2D eigenvalue weighted by molar-refractivity contribution is 0.640. The first kappa shape index (κ1) is 14.9. The first-order valence-corrected chi connectivity index (χ1v) is 5.16. The minimum atomic E-state index is -0.124. The Balaban J connectivity index is 0. The Hall–Kier alpha value is -0.590. The van der Waals surface area contributed by atoms with E-state index in [2.05, 4.69) is 6.92 Å². The summed E-state index contributed by atoms with van der Waals surface area (Å²) in [5.74, 6) is -0.124. The molecule has 0 nitrogen and oxygen atoms in total. The first-order chi connectivity index (χ1) is 6.16. The zero-order valence-corrected chi connectivity index (χ0v) is 9.65. The topological polar surface area (TPSA) is 0 Å². The summed E-state index contributed by atoms with van der Waals surface area (Å²) in [7, 11) is 0. The van der Waals surface area contributed by atoms with Crippen LogP contribution in [0.5, 0.6) is 0 Å². The van der Waals surface area contributed by atoms with Gasteiger partial charge in [0.15, 0.2) is 0 Å². The largest absolute Gasteiger partial charge is 0.212 e. The van der Waals surface area contributed by atoms with E-state index in [1.807, 2.05) is 26.8 Å². The van der Waals surface area contributed by atoms with Crippen molar-refractivity contribution in [2.24, 2.45) is 0 Å². The summed E-state index contributed by atoms with van der Waals surface area (Å²) >= 11 is 0. The third-order valence-electron chi connectivity index (χ3n) is 1.52. The standard InChI is InChI=1S/C10H17F.C2H6/c1-4-5-6-9(2)7-8-10(3)11;1-2/h7-8H,4-6H2,1-3H3;1-2H3/b9-7+,10-8+;. The summed E-state index contributed by atoms with van der Waals surface area (Å²) in [4.78, 5) is 0. The predicted molar refractivity (Wildman–Crippen MR) is 59.5 cm³/mol. The second-order valence-corrected chi connectivity index (χ2v) is 2.87. The Morgan fingerprint density at radius 1 is 1.15 bits per heavy atom. The molecule has 13 heavy (non-hydrogen) atoms. The van der Waals surface area contributed by atoms with Gasteiger partial charge in [-0.15, -0.1) is 0 Å². The zero-order valence-electron chi connectivity index (χ0n) is 9.65. The fourth-order valence-corrected chi connectivity index (χ4v) is 0.796. The van der Waals surface area contributed by atoms with Crippen LogP contribution in [-0.2, 0) is 0 Å². The van der Waals surface area contributed by atoms with Crippen molar-refractivity contribution in [3.05, 3.63) is 23.6 Å². The van der Waals surface area contributed by atoms with Gasteiger partial charge in [-0.1, -0.05) is 38.8 Å². The summed E-state index contributed by atoms with van der Waals surface area (Å²) in [5.41, 5.74) is 1.25. The average Bonchev–Trinajstić information content (AvgIpc) is 2.14. The van der Waals surface area contributed by atoms with E-state index in [1.165, 1.54) is 31.4 Å². The Bertz CT molecular complexity index is 151. The summed E-state index contributed by atoms with van der Waals surface area (Å²) < 4.78 is 12.2. The number of rotatable bonds is 4. The van der Waals surface area contributed by atoms with Gasteiger partial charge in [0, 0.05) is 0 Å². The van der Waals surface area contributed by atoms with Gasteiger partial charge in [0.05, 0.1) is 5.83 Å². The van der Waals surface area contributed by atoms with Gasteiger partial charge in [0.2, 0.25) is 0 Å². The Morgan fingerprint density at radius 2 is 1.69 bits per heavy atom. The summed E-state index contributed by atoms with van der Waals surface area (Å²) in [6.45, 7) is 9.65. The van der Waals surface area contributed by atoms with Gasteiger partial charge < -0.3 is 0 Å². The molecule has 0 aromatic carbocycles. The highest BCUT2D eigenvalue weighted by atomic mass is 19.1. The number of hydrogen-bond donors (Lipinski definition) is 0. The minimum Gasteiger partial charge on any atom is -0.212 e. The molecule has 0 saturated heterocycles. The maximum Gasteiger partial charge on any atom is 0.0968 e. The first-order valence-electron chi connectivity index (χ1n) is 5.16. The number of allylic oxidation sites excluding steroid dienone is 4. The Kier molecular flexibility index (Phi) is 13.1. The zero-order chi connectivity index (χ0) is 10.7. The molecular formula is C12H23F. The molecule has 1 heteroatoms. The maximum absolute atomic E-state index is 12.2. The Morgan fingerprint density at radius 3 is 2.08 bits per heavy atom. The molecule has 0 unspecified atom stereocenters. The number of unbranched alkanes of at least 4 members (excludes halogenated alkanes) is 1. The van der Waals surface area contributed by atoms with Crippen molar-refractivity contribution in [1.82, 2.24) is 0 Å². The van der Waals surface area contributed by atoms with E-state index in [1.54, 1.807) is 0 Å². The molecular weight excluding hydrogens is 163 g/mol. The third-order valence-corrected chi connectivity index (χ3v) is 1.52. The molecule has 0 amide bonds. The summed E-state index contributed by atoms with van der Waals surface area (Å²) in [5, 5.41) is 0. The fourth-order valence-electron chi connectivity index (χ4n) is 0.796. The van der Waals surface area contributed by atoms with Gasteiger partial charge >= 0.3 is 0 Å². The molecule has 0 rings (SSSR count). The highest BCUT2D eigenvalue weighted by Crippen LogP contribution is 2.06. The van der Waals surface area contributed by atoms with Crippen molar-refractivity contribution in [1.29, 1.82) is 0 Å². The lowest BCUT2D eigenvalue weighted by atomic mass is 10.1. The van der Waals surface area contributed by atoms with E-state index in [-0.39, 0.29) is 5.83 Å². The van der Waals surface area contributed by atoms with Crippen molar-refractivity contribution in [3.8, 4) is 0 Å². The lowest BCUT2D eigenvalue weighted by Crippen LogP contribution is -1.75. The van der Waals surface area contributed by atoms with Crippen LogP contribution in [0.2, 0.25) is 0 Å². The molecule has 0 fully saturated rings. The average molecular weight is 186 g/mol. The van der Waals surface area contributed by atoms with Crippen molar-refractivity contribution in [2.45, 2.75) is 53.9 Å². The highest BCUT2D eigenvalue weighted by molar-refractivity contribution is 5.11. The molecule has 0 bridgehead atoms. The smallest absolute Gasteiger partial charge is 0.0968 e. The van der Waals surface area contributed by atoms with Gasteiger partial charge in [-0.05, 0) is 32.8 Å². The molecule has 0 atom stereocenters. The molecule has 0 aliphatic rings. The fraction of sp³-hybridized carbons (Fsp3) is 0.667. The number of halogens is 1. The van der Waals surface area contributed by atoms with Crippen LogP contribution < -0.4 is 0 Å². The lowest BCUT2D eigenvalue weighted by Gasteiger charge is -1.95. The minimum absolute atomic E-state index is 0.124. The van der Waals surface area contributed by atoms with Crippen LogP contribution in [0.15, 0.2) is 23.6 Å². The molecule has 0 heterocycles. The molecule has 0 aromatic heterocycles. The van der Waals surface area contributed by atoms with E-state index in [0.29, 0.717) is 0 Å². The van der Waals surface area contributed by atoms with E-state index in [4.69, 9.17) is 0 Å². The van der Waals surface area contributed by atoms with E-state index >= 15 is 0 Å². The monoisotopic (exact) mass is 186 g/mol. The quantitative estimate of drug-likeness (QED) is 0.541. The van der Waals surface area contributed by atoms with Crippen molar-refractivity contribution >= 4 is 0 Å². The van der Waals surface area contributed by atoms with Crippen molar-refractivity contribution < 1.29 is 4.39 Å². The molecule has 0 aliphatic heterocycles. The van der Waals surface area contributed by atoms with Gasteiger partial charge in [-0.3, -0.25) is 0 Å². The summed E-state index contributed by atoms with van der Waals surface area (Å²) in [6.07, 6.45) is 6.85. The van der Waals surface area contributed by atoms with Crippen LogP contribution >= 0.6 is 0 Å². The highest BCUT2D eigenvalue weighted by Gasteiger charge is 1.86. The molecule has 0 N–H and O–H groups in total. The van der Waals surface area contributed by atoms with Crippen molar-refractivity contribution in [3.63, 3.8) is 0 Å². The van der Waals surface area contributed by atoms with E-state index < -0.39 is 0 Å². The van der Waals surface area contributed by atoms with Gasteiger partial charge in [0.1, 0.15) is 0 Å². The van der Waals surface area contributed by atoms with Crippen LogP contribution in [0.1, 0.15) is 53.9 Å². The number of hydrogen-bond acceptors (Lipinski definition) is 0. The molecule has 0 spiro atoms. The third kappa shape index (κ3) is 14.3. The van der Waals surface area contributed by atoms with Crippen LogP contribution in [0.25, 0.3) is 0 Å². The van der Waals surface area contributed by atoms with Crippen LogP contribution in [0.4, 0.5) is 4.39 Å². The van der Waals surface area contributed by atoms with Crippen LogP contribution in [0.3, 0.4) is 0 Å². The normalized spacial score (nSPS) is 12.2. The second kappa shape index (κ2) is 11.4. The van der Waals surface area contributed by atoms with E-state index in [9.17, 15) is 4.39 Å². The maximum atomic E-state index is 12.2. The van der Waals surface area contributed by atoms with Gasteiger partial charge in [0.25, 0.3) is 0 Å². The SMILES string of the molecule is CC.CCCC/C(C)=C/C=C(\C)F. The molecule has 0 aromatic rings. The summed E-state index contributed by atoms with van der Waals surface area (Å²) in [6, 6.07) is 0. The van der Waals surface area contributed by atoms with Gasteiger partial charge in [-0.2, -0.15) is 0 Å². The molecule has 0 radical (unpaired) electrons. The van der Waals surface area contributed by atoms with Crippen LogP contribution in [0, 0.1) is 0 Å². The van der Waals surface area contributed by atoms with Gasteiger partial charge in [-0.25, -0.2) is 4.39 Å². The van der Waals surface area contributed by atoms with Crippen LogP contribution in [-0.4, -0.2) is 0 Å². The van der Waals surface area contributed by atoms with E-state index in [0.717, 1.165) is 6.42 Å². The van der Waals surface area contributed by atoms with Crippen molar-refractivity contribution in [2.75, 3.05) is 0 Å². The second-order valence-electron chi connectivity index (χ2n) is 2.87. The Labute approximate surface area is 82.5 Å². The predicted octanol–water partition coefficient (Wildman–Crippen LogP) is 5.02. The molecule has 0 aliphatic carbocycles. The molecule has 0 saturated carbocycles. The molecule has 78 valence electrons.